The van der Waals surface area contributed by atoms with Gasteiger partial charge in [-0.25, -0.2) is 0 Å². The summed E-state index contributed by atoms with van der Waals surface area (Å²) in [5, 5.41) is 2.17. The van der Waals surface area contributed by atoms with Gasteiger partial charge in [0.2, 0.25) is 0 Å². The van der Waals surface area contributed by atoms with E-state index in [2.05, 4.69) is 53.9 Å². The van der Waals surface area contributed by atoms with Crippen molar-refractivity contribution in [3.05, 3.63) is 71.6 Å². The summed E-state index contributed by atoms with van der Waals surface area (Å²) in [4.78, 5) is 1.24. The van der Waals surface area contributed by atoms with Crippen LogP contribution in [0.4, 0.5) is 0 Å². The lowest BCUT2D eigenvalue weighted by Gasteiger charge is -2.02. The van der Waals surface area contributed by atoms with E-state index in [-0.39, 0.29) is 0 Å². The molecule has 0 bridgehead atoms. The molecule has 0 aliphatic rings. The average molecular weight is 335 g/mol. The van der Waals surface area contributed by atoms with Crippen LogP contribution in [0.3, 0.4) is 0 Å². The van der Waals surface area contributed by atoms with Crippen LogP contribution < -0.4 is 4.74 Å². The number of hydrogen-bond donors (Lipinski definition) is 0. The third kappa shape index (κ3) is 6.55. The normalized spacial score (nSPS) is 10.9. The molecule has 1 nitrogen and oxygen atoms in total. The molecule has 2 rings (SSSR count). The highest BCUT2D eigenvalue weighted by Crippen LogP contribution is 2.28. The SMILES string of the molecule is COc1cccc(SC/C=C/SSCc2ccccc2)c1. The first-order chi connectivity index (χ1) is 10.4. The maximum Gasteiger partial charge on any atom is 0.119 e. The molecule has 0 spiro atoms. The van der Waals surface area contributed by atoms with Crippen LogP contribution in [0.2, 0.25) is 0 Å². The Labute approximate surface area is 139 Å². The van der Waals surface area contributed by atoms with E-state index in [1.54, 1.807) is 17.9 Å². The van der Waals surface area contributed by atoms with Gasteiger partial charge in [-0.05, 0) is 29.2 Å². The van der Waals surface area contributed by atoms with E-state index >= 15 is 0 Å². The molecule has 0 aliphatic heterocycles. The van der Waals surface area contributed by atoms with Crippen LogP contribution in [-0.4, -0.2) is 12.9 Å². The van der Waals surface area contributed by atoms with Gasteiger partial charge in [0.25, 0.3) is 0 Å². The Bertz CT molecular complexity index is 555. The van der Waals surface area contributed by atoms with E-state index in [0.29, 0.717) is 0 Å². The fraction of sp³-hybridized carbons (Fsp3) is 0.176. The summed E-state index contributed by atoms with van der Waals surface area (Å²) < 4.78 is 5.22. The Morgan fingerprint density at radius 2 is 1.90 bits per heavy atom. The van der Waals surface area contributed by atoms with Crippen molar-refractivity contribution in [3.8, 4) is 5.75 Å². The predicted molar refractivity (Wildman–Crippen MR) is 98.2 cm³/mol. The molecule has 0 unspecified atom stereocenters. The molecule has 0 fully saturated rings. The van der Waals surface area contributed by atoms with Crippen LogP contribution in [0.15, 0.2) is 71.0 Å². The average Bonchev–Trinajstić information content (AvgIpc) is 2.55. The first kappa shape index (κ1) is 16.4. The van der Waals surface area contributed by atoms with Crippen molar-refractivity contribution in [1.29, 1.82) is 0 Å². The summed E-state index contributed by atoms with van der Waals surface area (Å²) in [6, 6.07) is 18.7. The molecule has 0 saturated carbocycles. The zero-order valence-electron chi connectivity index (χ0n) is 11.9. The monoisotopic (exact) mass is 334 g/mol. The van der Waals surface area contributed by atoms with Gasteiger partial charge in [-0.3, -0.25) is 0 Å². The number of thioether (sulfide) groups is 1. The Morgan fingerprint density at radius 1 is 1.05 bits per heavy atom. The van der Waals surface area contributed by atoms with E-state index in [1.807, 2.05) is 34.7 Å². The molecular formula is C17H18OS3. The van der Waals surface area contributed by atoms with E-state index in [0.717, 1.165) is 17.3 Å². The van der Waals surface area contributed by atoms with Crippen molar-refractivity contribution in [3.63, 3.8) is 0 Å². The number of hydrogen-bond acceptors (Lipinski definition) is 4. The Kier molecular flexibility index (Phi) is 7.71. The molecule has 4 heteroatoms. The molecule has 0 amide bonds. The Morgan fingerprint density at radius 3 is 2.71 bits per heavy atom. The third-order valence-corrected chi connectivity index (χ3v) is 5.61. The molecule has 0 atom stereocenters. The van der Waals surface area contributed by atoms with Gasteiger partial charge in [0.15, 0.2) is 0 Å². The van der Waals surface area contributed by atoms with Crippen molar-refractivity contribution in [2.75, 3.05) is 12.9 Å². The van der Waals surface area contributed by atoms with Gasteiger partial charge in [0, 0.05) is 16.4 Å². The molecule has 0 aliphatic carbocycles. The van der Waals surface area contributed by atoms with Crippen LogP contribution in [0.5, 0.6) is 5.75 Å². The number of rotatable bonds is 8. The second-order valence-electron chi connectivity index (χ2n) is 4.21. The molecular weight excluding hydrogens is 316 g/mol. The van der Waals surface area contributed by atoms with E-state index in [4.69, 9.17) is 4.74 Å². The lowest BCUT2D eigenvalue weighted by molar-refractivity contribution is 0.413. The zero-order chi connectivity index (χ0) is 14.8. The van der Waals surface area contributed by atoms with Gasteiger partial charge < -0.3 is 4.74 Å². The van der Waals surface area contributed by atoms with Crippen molar-refractivity contribution < 1.29 is 4.74 Å². The zero-order valence-corrected chi connectivity index (χ0v) is 14.3. The molecule has 0 N–H and O–H groups in total. The maximum atomic E-state index is 5.22. The maximum absolute atomic E-state index is 5.22. The first-order valence-electron chi connectivity index (χ1n) is 6.62. The fourth-order valence-electron chi connectivity index (χ4n) is 1.63. The van der Waals surface area contributed by atoms with Gasteiger partial charge in [0.05, 0.1) is 7.11 Å². The largest absolute Gasteiger partial charge is 0.497 e. The quantitative estimate of drug-likeness (QED) is 0.338. The lowest BCUT2D eigenvalue weighted by atomic mass is 10.2. The molecule has 0 radical (unpaired) electrons. The fourth-order valence-corrected chi connectivity index (χ4v) is 4.24. The third-order valence-electron chi connectivity index (χ3n) is 2.68. The summed E-state index contributed by atoms with van der Waals surface area (Å²) in [5.74, 6) is 2.93. The van der Waals surface area contributed by atoms with Crippen LogP contribution >= 0.6 is 33.3 Å². The minimum atomic E-state index is 0.914. The second kappa shape index (κ2) is 9.87. The van der Waals surface area contributed by atoms with Crippen LogP contribution in [-0.2, 0) is 5.75 Å². The minimum absolute atomic E-state index is 0.914. The van der Waals surface area contributed by atoms with Crippen LogP contribution in [0.1, 0.15) is 5.56 Å². The van der Waals surface area contributed by atoms with Crippen molar-refractivity contribution in [2.45, 2.75) is 10.6 Å². The van der Waals surface area contributed by atoms with Crippen molar-refractivity contribution in [1.82, 2.24) is 0 Å². The van der Waals surface area contributed by atoms with Gasteiger partial charge in [-0.1, -0.05) is 64.1 Å². The molecule has 21 heavy (non-hydrogen) atoms. The molecule has 2 aromatic carbocycles. The minimum Gasteiger partial charge on any atom is -0.497 e. The van der Waals surface area contributed by atoms with Gasteiger partial charge in [-0.2, -0.15) is 0 Å². The summed E-state index contributed by atoms with van der Waals surface area (Å²) in [6.45, 7) is 0. The Balaban J connectivity index is 1.62. The standard InChI is InChI=1S/C17H18OS3/c1-18-16-9-5-10-17(13-16)19-11-6-12-20-21-14-15-7-3-2-4-8-15/h2-10,12-13H,11,14H2,1H3/b12-6+. The summed E-state index contributed by atoms with van der Waals surface area (Å²) >= 11 is 1.81. The molecule has 0 heterocycles. The molecule has 110 valence electrons. The predicted octanol–water partition coefficient (Wildman–Crippen LogP) is 5.88. The molecule has 2 aromatic rings. The number of benzene rings is 2. The van der Waals surface area contributed by atoms with E-state index in [9.17, 15) is 0 Å². The number of ether oxygens (including phenoxy) is 1. The van der Waals surface area contributed by atoms with E-state index in [1.165, 1.54) is 10.5 Å². The van der Waals surface area contributed by atoms with Gasteiger partial charge in [0.1, 0.15) is 5.75 Å². The highest BCUT2D eigenvalue weighted by atomic mass is 33.1. The highest BCUT2D eigenvalue weighted by Gasteiger charge is 1.95. The van der Waals surface area contributed by atoms with Crippen molar-refractivity contribution >= 4 is 33.3 Å². The topological polar surface area (TPSA) is 9.23 Å². The smallest absolute Gasteiger partial charge is 0.119 e. The van der Waals surface area contributed by atoms with Crippen LogP contribution in [0, 0.1) is 0 Å². The molecule has 0 saturated heterocycles. The van der Waals surface area contributed by atoms with E-state index < -0.39 is 0 Å². The summed E-state index contributed by atoms with van der Waals surface area (Å²) in [5.41, 5.74) is 1.37. The molecule has 0 aromatic heterocycles. The van der Waals surface area contributed by atoms with Crippen molar-refractivity contribution in [2.24, 2.45) is 0 Å². The summed E-state index contributed by atoms with van der Waals surface area (Å²) in [6.07, 6.45) is 2.20. The van der Waals surface area contributed by atoms with Gasteiger partial charge >= 0.3 is 0 Å². The summed E-state index contributed by atoms with van der Waals surface area (Å²) in [7, 11) is 5.35. The van der Waals surface area contributed by atoms with Gasteiger partial charge in [-0.15, -0.1) is 11.8 Å². The lowest BCUT2D eigenvalue weighted by Crippen LogP contribution is -1.82. The Hall–Kier alpha value is -0.970. The second-order valence-corrected chi connectivity index (χ2v) is 7.57. The van der Waals surface area contributed by atoms with Crippen LogP contribution in [0.25, 0.3) is 0 Å². The highest BCUT2D eigenvalue weighted by molar-refractivity contribution is 8.77. The first-order valence-corrected chi connectivity index (χ1v) is 9.99. The number of methoxy groups -OCH3 is 1.